The van der Waals surface area contributed by atoms with Crippen molar-refractivity contribution in [3.8, 4) is 0 Å². The highest BCUT2D eigenvalue weighted by Crippen LogP contribution is 2.18. The lowest BCUT2D eigenvalue weighted by atomic mass is 10.1. The van der Waals surface area contributed by atoms with Crippen LogP contribution in [0.1, 0.15) is 30.0 Å². The Labute approximate surface area is 175 Å². The van der Waals surface area contributed by atoms with Gasteiger partial charge in [-0.1, -0.05) is 42.5 Å². The zero-order valence-corrected chi connectivity index (χ0v) is 17.4. The van der Waals surface area contributed by atoms with Crippen LogP contribution in [0.15, 0.2) is 76.0 Å². The molecule has 1 aromatic heterocycles. The number of halogens is 1. The van der Waals surface area contributed by atoms with Crippen molar-refractivity contribution >= 4 is 15.9 Å². The number of aryl methyl sites for hydroxylation is 1. The Hall–Kier alpha value is -2.97. The molecule has 3 aromatic rings. The summed E-state index contributed by atoms with van der Waals surface area (Å²) in [7, 11) is -4.26. The standard InChI is InChI=1S/C22H23FN2O4S/c1-15-12-13-20(29-15)16(2)24-22(26)19(14-17-8-4-3-5-9-17)25-30(27,28)21-11-7-6-10-18(21)23/h3-13,16,19,25H,14H2,1-2H3,(H,24,26)/t16?,19-/m0/s1. The molecule has 2 atom stereocenters. The number of benzene rings is 2. The molecule has 0 spiro atoms. The van der Waals surface area contributed by atoms with Crippen molar-refractivity contribution in [1.82, 2.24) is 10.0 Å². The topological polar surface area (TPSA) is 88.4 Å². The smallest absolute Gasteiger partial charge is 0.244 e. The molecule has 0 aliphatic rings. The summed E-state index contributed by atoms with van der Waals surface area (Å²) in [5.41, 5.74) is 0.760. The fraction of sp³-hybridized carbons (Fsp3) is 0.227. The predicted molar refractivity (Wildman–Crippen MR) is 111 cm³/mol. The minimum Gasteiger partial charge on any atom is -0.464 e. The van der Waals surface area contributed by atoms with E-state index < -0.39 is 38.7 Å². The normalized spacial score (nSPS) is 13.6. The lowest BCUT2D eigenvalue weighted by Crippen LogP contribution is -2.48. The zero-order valence-electron chi connectivity index (χ0n) is 16.6. The van der Waals surface area contributed by atoms with Crippen LogP contribution in [0.4, 0.5) is 4.39 Å². The number of carbonyl (C=O) groups excluding carboxylic acids is 1. The molecular weight excluding hydrogens is 407 g/mol. The molecule has 0 radical (unpaired) electrons. The first-order chi connectivity index (χ1) is 14.3. The van der Waals surface area contributed by atoms with Gasteiger partial charge in [-0.2, -0.15) is 4.72 Å². The van der Waals surface area contributed by atoms with Crippen molar-refractivity contribution in [2.45, 2.75) is 37.2 Å². The predicted octanol–water partition coefficient (Wildman–Crippen LogP) is 3.49. The Morgan fingerprint density at radius 1 is 1.03 bits per heavy atom. The molecule has 158 valence electrons. The van der Waals surface area contributed by atoms with Crippen LogP contribution in [0.25, 0.3) is 0 Å². The first-order valence-electron chi connectivity index (χ1n) is 9.44. The molecule has 2 N–H and O–H groups in total. The van der Waals surface area contributed by atoms with Crippen LogP contribution in [0.5, 0.6) is 0 Å². The van der Waals surface area contributed by atoms with Crippen molar-refractivity contribution < 1.29 is 22.0 Å². The second kappa shape index (κ2) is 9.23. The maximum atomic E-state index is 14.1. The van der Waals surface area contributed by atoms with E-state index in [1.165, 1.54) is 12.1 Å². The molecular formula is C22H23FN2O4S. The molecule has 0 saturated carbocycles. The first kappa shape index (κ1) is 21.7. The van der Waals surface area contributed by atoms with E-state index in [1.807, 2.05) is 6.07 Å². The third kappa shape index (κ3) is 5.34. The van der Waals surface area contributed by atoms with Gasteiger partial charge in [0.15, 0.2) is 0 Å². The maximum Gasteiger partial charge on any atom is 0.244 e. The number of sulfonamides is 1. The van der Waals surface area contributed by atoms with Gasteiger partial charge in [0.2, 0.25) is 15.9 Å². The van der Waals surface area contributed by atoms with Crippen molar-refractivity contribution in [3.05, 3.63) is 89.6 Å². The van der Waals surface area contributed by atoms with Crippen molar-refractivity contribution in [1.29, 1.82) is 0 Å². The zero-order chi connectivity index (χ0) is 21.7. The monoisotopic (exact) mass is 430 g/mol. The van der Waals surface area contributed by atoms with Gasteiger partial charge in [-0.3, -0.25) is 4.79 Å². The van der Waals surface area contributed by atoms with E-state index in [4.69, 9.17) is 4.42 Å². The number of hydrogen-bond donors (Lipinski definition) is 2. The van der Waals surface area contributed by atoms with Crippen molar-refractivity contribution in [3.63, 3.8) is 0 Å². The van der Waals surface area contributed by atoms with Crippen molar-refractivity contribution in [2.24, 2.45) is 0 Å². The first-order valence-corrected chi connectivity index (χ1v) is 10.9. The number of rotatable bonds is 8. The molecule has 1 unspecified atom stereocenters. The molecule has 0 fully saturated rings. The molecule has 6 nitrogen and oxygen atoms in total. The van der Waals surface area contributed by atoms with Crippen LogP contribution < -0.4 is 10.0 Å². The molecule has 8 heteroatoms. The third-order valence-corrected chi connectivity index (χ3v) is 6.07. The van der Waals surface area contributed by atoms with E-state index in [2.05, 4.69) is 10.0 Å². The fourth-order valence-corrected chi connectivity index (χ4v) is 4.30. The molecule has 0 aliphatic heterocycles. The Balaban J connectivity index is 1.84. The molecule has 30 heavy (non-hydrogen) atoms. The molecule has 0 saturated heterocycles. The van der Waals surface area contributed by atoms with E-state index in [0.29, 0.717) is 11.5 Å². The van der Waals surface area contributed by atoms with Crippen LogP contribution in [0.3, 0.4) is 0 Å². The van der Waals surface area contributed by atoms with E-state index in [-0.39, 0.29) is 6.42 Å². The Bertz CT molecular complexity index is 1110. The summed E-state index contributed by atoms with van der Waals surface area (Å²) in [6.07, 6.45) is 0.101. The summed E-state index contributed by atoms with van der Waals surface area (Å²) in [5.74, 6) is -0.174. The van der Waals surface area contributed by atoms with Gasteiger partial charge in [0.25, 0.3) is 0 Å². The minimum absolute atomic E-state index is 0.101. The van der Waals surface area contributed by atoms with Gasteiger partial charge >= 0.3 is 0 Å². The maximum absolute atomic E-state index is 14.1. The minimum atomic E-state index is -4.26. The average molecular weight is 431 g/mol. The highest BCUT2D eigenvalue weighted by molar-refractivity contribution is 7.89. The highest BCUT2D eigenvalue weighted by atomic mass is 32.2. The number of amides is 1. The van der Waals surface area contributed by atoms with Gasteiger partial charge in [-0.25, -0.2) is 12.8 Å². The van der Waals surface area contributed by atoms with Crippen LogP contribution in [0, 0.1) is 12.7 Å². The number of furan rings is 1. The van der Waals surface area contributed by atoms with Gasteiger partial charge < -0.3 is 9.73 Å². The molecule has 1 amide bonds. The number of nitrogens with one attached hydrogen (secondary N) is 2. The Morgan fingerprint density at radius 2 is 1.70 bits per heavy atom. The van der Waals surface area contributed by atoms with Crippen LogP contribution >= 0.6 is 0 Å². The summed E-state index contributed by atoms with van der Waals surface area (Å²) in [6.45, 7) is 3.53. The third-order valence-electron chi connectivity index (χ3n) is 4.57. The summed E-state index contributed by atoms with van der Waals surface area (Å²) in [5, 5.41) is 2.77. The lowest BCUT2D eigenvalue weighted by molar-refractivity contribution is -0.123. The number of carbonyl (C=O) groups is 1. The SMILES string of the molecule is Cc1ccc(C(C)NC(=O)[C@H](Cc2ccccc2)NS(=O)(=O)c2ccccc2F)o1. The van der Waals surface area contributed by atoms with E-state index in [1.54, 1.807) is 50.2 Å². The quantitative estimate of drug-likeness (QED) is 0.573. The van der Waals surface area contributed by atoms with Crippen LogP contribution in [-0.2, 0) is 21.2 Å². The molecule has 1 heterocycles. The molecule has 0 bridgehead atoms. The van der Waals surface area contributed by atoms with Gasteiger partial charge in [0, 0.05) is 0 Å². The Kier molecular flexibility index (Phi) is 6.69. The average Bonchev–Trinajstić information content (AvgIpc) is 3.15. The van der Waals surface area contributed by atoms with Crippen LogP contribution in [0.2, 0.25) is 0 Å². The second-order valence-corrected chi connectivity index (χ2v) is 8.66. The van der Waals surface area contributed by atoms with Gasteiger partial charge in [0.05, 0.1) is 6.04 Å². The Morgan fingerprint density at radius 3 is 2.33 bits per heavy atom. The van der Waals surface area contributed by atoms with Gasteiger partial charge in [0.1, 0.15) is 28.3 Å². The molecule has 2 aromatic carbocycles. The summed E-state index contributed by atoms with van der Waals surface area (Å²) in [6, 6.07) is 15.9. The van der Waals surface area contributed by atoms with Crippen molar-refractivity contribution in [2.75, 3.05) is 0 Å². The van der Waals surface area contributed by atoms with Gasteiger partial charge in [-0.05, 0) is 50.1 Å². The van der Waals surface area contributed by atoms with Crippen LogP contribution in [-0.4, -0.2) is 20.4 Å². The molecule has 0 aliphatic carbocycles. The summed E-state index contributed by atoms with van der Waals surface area (Å²) < 4.78 is 47.5. The fourth-order valence-electron chi connectivity index (χ4n) is 3.02. The summed E-state index contributed by atoms with van der Waals surface area (Å²) in [4.78, 5) is 12.4. The lowest BCUT2D eigenvalue weighted by Gasteiger charge is -2.21. The van der Waals surface area contributed by atoms with E-state index in [0.717, 1.165) is 17.7 Å². The second-order valence-electron chi connectivity index (χ2n) is 6.97. The highest BCUT2D eigenvalue weighted by Gasteiger charge is 2.29. The van der Waals surface area contributed by atoms with E-state index >= 15 is 0 Å². The van der Waals surface area contributed by atoms with E-state index in [9.17, 15) is 17.6 Å². The number of hydrogen-bond acceptors (Lipinski definition) is 4. The van der Waals surface area contributed by atoms with Gasteiger partial charge in [-0.15, -0.1) is 0 Å². The largest absolute Gasteiger partial charge is 0.464 e. The summed E-state index contributed by atoms with van der Waals surface area (Å²) >= 11 is 0. The molecule has 3 rings (SSSR count).